The Balaban J connectivity index is 2.13. The van der Waals surface area contributed by atoms with Crippen LogP contribution < -0.4 is 11.5 Å². The normalized spacial score (nSPS) is 17.0. The molecule has 0 spiro atoms. The van der Waals surface area contributed by atoms with Crippen LogP contribution in [0.2, 0.25) is 0 Å². The number of hydrogen-bond donors (Lipinski definition) is 2. The van der Waals surface area contributed by atoms with Crippen molar-refractivity contribution in [2.45, 2.75) is 38.1 Å². The molecule has 1 heterocycles. The first-order valence-corrected chi connectivity index (χ1v) is 7.77. The second-order valence-electron chi connectivity index (χ2n) is 5.79. The van der Waals surface area contributed by atoms with Crippen molar-refractivity contribution in [1.29, 1.82) is 5.26 Å². The fraction of sp³-hybridized carbons (Fsp3) is 0.412. The van der Waals surface area contributed by atoms with E-state index in [1.54, 1.807) is 0 Å². The number of rotatable bonds is 4. The maximum absolute atomic E-state index is 8.86. The van der Waals surface area contributed by atoms with Crippen molar-refractivity contribution in [1.82, 2.24) is 9.78 Å². The van der Waals surface area contributed by atoms with E-state index in [-0.39, 0.29) is 0 Å². The summed E-state index contributed by atoms with van der Waals surface area (Å²) >= 11 is 0. The summed E-state index contributed by atoms with van der Waals surface area (Å²) in [5.41, 5.74) is 17.2. The Kier molecular flexibility index (Phi) is 4.12. The standard InChI is InChI=1S/C17H21N5/c18-8-3-9-22-15-7-2-5-13(11-19)16(15)17(21-22)12-4-1-6-14(20)10-12/h1,4,6,10,13H,2-3,5,7,9,11,19-20H2. The summed E-state index contributed by atoms with van der Waals surface area (Å²) in [6.45, 7) is 1.27. The molecule has 2 aromatic rings. The number of aromatic nitrogens is 2. The number of nitrogen functional groups attached to an aromatic ring is 1. The third kappa shape index (κ3) is 2.58. The molecule has 0 saturated heterocycles. The first-order valence-electron chi connectivity index (χ1n) is 7.77. The molecule has 1 aliphatic carbocycles. The van der Waals surface area contributed by atoms with Gasteiger partial charge in [0, 0.05) is 28.4 Å². The van der Waals surface area contributed by atoms with Crippen LogP contribution in [0.25, 0.3) is 11.3 Å². The van der Waals surface area contributed by atoms with E-state index in [1.165, 1.54) is 11.3 Å². The number of hydrogen-bond acceptors (Lipinski definition) is 4. The van der Waals surface area contributed by atoms with Gasteiger partial charge in [-0.1, -0.05) is 12.1 Å². The van der Waals surface area contributed by atoms with Crippen LogP contribution in [-0.2, 0) is 13.0 Å². The van der Waals surface area contributed by atoms with E-state index in [0.717, 1.165) is 36.2 Å². The summed E-state index contributed by atoms with van der Waals surface area (Å²) in [6, 6.07) is 10.0. The number of nitriles is 1. The quantitative estimate of drug-likeness (QED) is 0.847. The highest BCUT2D eigenvalue weighted by Gasteiger charge is 2.28. The largest absolute Gasteiger partial charge is 0.399 e. The van der Waals surface area contributed by atoms with Crippen LogP contribution in [0.15, 0.2) is 24.3 Å². The molecule has 5 heteroatoms. The van der Waals surface area contributed by atoms with Crippen LogP contribution in [-0.4, -0.2) is 16.3 Å². The van der Waals surface area contributed by atoms with Gasteiger partial charge in [0.25, 0.3) is 0 Å². The van der Waals surface area contributed by atoms with Gasteiger partial charge in [0.15, 0.2) is 0 Å². The predicted molar refractivity (Wildman–Crippen MR) is 87.0 cm³/mol. The van der Waals surface area contributed by atoms with Gasteiger partial charge >= 0.3 is 0 Å². The van der Waals surface area contributed by atoms with Crippen LogP contribution in [0.3, 0.4) is 0 Å². The van der Waals surface area contributed by atoms with Crippen molar-refractivity contribution in [2.24, 2.45) is 5.73 Å². The zero-order valence-electron chi connectivity index (χ0n) is 12.6. The fourth-order valence-corrected chi connectivity index (χ4v) is 3.34. The SMILES string of the molecule is N#CCCn1nc(-c2cccc(N)c2)c2c1CCCC2CN. The van der Waals surface area contributed by atoms with E-state index in [1.807, 2.05) is 28.9 Å². The monoisotopic (exact) mass is 295 g/mol. The molecule has 0 radical (unpaired) electrons. The Morgan fingerprint density at radius 1 is 1.41 bits per heavy atom. The maximum Gasteiger partial charge on any atom is 0.0962 e. The van der Waals surface area contributed by atoms with Gasteiger partial charge in [0.1, 0.15) is 0 Å². The molecule has 0 amide bonds. The number of aryl methyl sites for hydroxylation is 1. The first-order chi connectivity index (χ1) is 10.7. The Bertz CT molecular complexity index is 710. The fourth-order valence-electron chi connectivity index (χ4n) is 3.34. The maximum atomic E-state index is 8.86. The number of nitrogens with two attached hydrogens (primary N) is 2. The van der Waals surface area contributed by atoms with Crippen molar-refractivity contribution >= 4 is 5.69 Å². The minimum atomic E-state index is 0.344. The molecule has 5 nitrogen and oxygen atoms in total. The predicted octanol–water partition coefficient (Wildman–Crippen LogP) is 2.42. The summed E-state index contributed by atoms with van der Waals surface area (Å²) < 4.78 is 2.00. The Labute approximate surface area is 130 Å². The highest BCUT2D eigenvalue weighted by atomic mass is 15.3. The molecule has 1 aromatic carbocycles. The van der Waals surface area contributed by atoms with E-state index >= 15 is 0 Å². The van der Waals surface area contributed by atoms with Gasteiger partial charge in [-0.2, -0.15) is 10.4 Å². The van der Waals surface area contributed by atoms with Crippen LogP contribution in [0.5, 0.6) is 0 Å². The molecular weight excluding hydrogens is 274 g/mol. The molecule has 3 rings (SSSR count). The number of anilines is 1. The lowest BCUT2D eigenvalue weighted by molar-refractivity contribution is 0.520. The van der Waals surface area contributed by atoms with Crippen LogP contribution in [0.4, 0.5) is 5.69 Å². The van der Waals surface area contributed by atoms with Crippen molar-refractivity contribution in [3.63, 3.8) is 0 Å². The number of nitrogens with zero attached hydrogens (tertiary/aromatic N) is 3. The van der Waals surface area contributed by atoms with E-state index in [2.05, 4.69) is 6.07 Å². The topological polar surface area (TPSA) is 93.6 Å². The van der Waals surface area contributed by atoms with Crippen molar-refractivity contribution in [3.8, 4) is 17.3 Å². The summed E-state index contributed by atoms with van der Waals surface area (Å²) in [5.74, 6) is 0.344. The summed E-state index contributed by atoms with van der Waals surface area (Å²) in [7, 11) is 0. The smallest absolute Gasteiger partial charge is 0.0962 e. The van der Waals surface area contributed by atoms with Gasteiger partial charge in [0.2, 0.25) is 0 Å². The molecule has 0 bridgehead atoms. The molecular formula is C17H21N5. The molecule has 0 saturated carbocycles. The minimum Gasteiger partial charge on any atom is -0.399 e. The van der Waals surface area contributed by atoms with Crippen molar-refractivity contribution < 1.29 is 0 Å². The zero-order chi connectivity index (χ0) is 15.5. The van der Waals surface area contributed by atoms with Crippen molar-refractivity contribution in [2.75, 3.05) is 12.3 Å². The van der Waals surface area contributed by atoms with E-state index in [9.17, 15) is 0 Å². The molecule has 114 valence electrons. The van der Waals surface area contributed by atoms with Gasteiger partial charge in [-0.25, -0.2) is 0 Å². The van der Waals surface area contributed by atoms with Gasteiger partial charge in [-0.05, 0) is 37.9 Å². The lowest BCUT2D eigenvalue weighted by Crippen LogP contribution is -2.19. The second kappa shape index (κ2) is 6.20. The summed E-state index contributed by atoms with van der Waals surface area (Å²) in [4.78, 5) is 0. The second-order valence-corrected chi connectivity index (χ2v) is 5.79. The Morgan fingerprint density at radius 2 is 2.27 bits per heavy atom. The van der Waals surface area contributed by atoms with Crippen LogP contribution in [0, 0.1) is 11.3 Å². The van der Waals surface area contributed by atoms with Crippen LogP contribution in [0.1, 0.15) is 36.4 Å². The van der Waals surface area contributed by atoms with Crippen molar-refractivity contribution in [3.05, 3.63) is 35.5 Å². The first kappa shape index (κ1) is 14.6. The lowest BCUT2D eigenvalue weighted by Gasteiger charge is -2.22. The summed E-state index contributed by atoms with van der Waals surface area (Å²) in [6.07, 6.45) is 3.70. The van der Waals surface area contributed by atoms with Crippen LogP contribution >= 0.6 is 0 Å². The molecule has 1 aromatic heterocycles. The van der Waals surface area contributed by atoms with E-state index < -0.39 is 0 Å². The van der Waals surface area contributed by atoms with Gasteiger partial charge in [-0.15, -0.1) is 0 Å². The van der Waals surface area contributed by atoms with Gasteiger partial charge < -0.3 is 11.5 Å². The zero-order valence-corrected chi connectivity index (χ0v) is 12.6. The van der Waals surface area contributed by atoms with E-state index in [0.29, 0.717) is 25.4 Å². The number of fused-ring (bicyclic) bond motifs is 1. The molecule has 22 heavy (non-hydrogen) atoms. The molecule has 1 aliphatic rings. The third-order valence-corrected chi connectivity index (χ3v) is 4.35. The highest BCUT2D eigenvalue weighted by molar-refractivity contribution is 5.69. The molecule has 1 atom stereocenters. The molecule has 1 unspecified atom stereocenters. The minimum absolute atomic E-state index is 0.344. The summed E-state index contributed by atoms with van der Waals surface area (Å²) in [5, 5.41) is 13.7. The molecule has 4 N–H and O–H groups in total. The average Bonchev–Trinajstić information content (AvgIpc) is 2.92. The highest BCUT2D eigenvalue weighted by Crippen LogP contribution is 2.38. The Morgan fingerprint density at radius 3 is 3.00 bits per heavy atom. The number of benzene rings is 1. The molecule has 0 fully saturated rings. The molecule has 0 aliphatic heterocycles. The van der Waals surface area contributed by atoms with E-state index in [4.69, 9.17) is 21.8 Å². The van der Waals surface area contributed by atoms with Gasteiger partial charge in [-0.3, -0.25) is 4.68 Å². The average molecular weight is 295 g/mol. The van der Waals surface area contributed by atoms with Gasteiger partial charge in [0.05, 0.1) is 24.7 Å². The third-order valence-electron chi connectivity index (χ3n) is 4.35. The lowest BCUT2D eigenvalue weighted by atomic mass is 9.84. The Hall–Kier alpha value is -2.32.